The van der Waals surface area contributed by atoms with E-state index in [0.717, 1.165) is 6.42 Å². The second-order valence-electron chi connectivity index (χ2n) is 2.33. The quantitative estimate of drug-likeness (QED) is 0.445. The highest BCUT2D eigenvalue weighted by atomic mass is 13.9. The maximum atomic E-state index is 2.24. The Morgan fingerprint density at radius 3 is 2.70 bits per heavy atom. The van der Waals surface area contributed by atoms with Gasteiger partial charge in [-0.05, 0) is 25.7 Å². The van der Waals surface area contributed by atoms with Crippen LogP contribution in [-0.4, -0.2) is 0 Å². The minimum absolute atomic E-state index is 1.07. The Bertz CT molecular complexity index is 149. The van der Waals surface area contributed by atoms with Gasteiger partial charge in [0.05, 0.1) is 0 Å². The highest BCUT2D eigenvalue weighted by Gasteiger charge is 1.81. The second-order valence-corrected chi connectivity index (χ2v) is 2.33. The van der Waals surface area contributed by atoms with Gasteiger partial charge in [-0.2, -0.15) is 0 Å². The van der Waals surface area contributed by atoms with Crippen molar-refractivity contribution in [1.82, 2.24) is 0 Å². The van der Waals surface area contributed by atoms with Gasteiger partial charge in [-0.25, -0.2) is 0 Å². The Hall–Kier alpha value is -0.780. The third kappa shape index (κ3) is 3.29. The molecule has 53 valence electrons. The number of rotatable bonds is 0. The molecule has 1 aliphatic carbocycles. The van der Waals surface area contributed by atoms with Gasteiger partial charge in [0.1, 0.15) is 0 Å². The summed E-state index contributed by atoms with van der Waals surface area (Å²) in [6.07, 6.45) is 18.5. The first kappa shape index (κ1) is 7.33. The Morgan fingerprint density at radius 2 is 1.70 bits per heavy atom. The Balaban J connectivity index is 2.38. The van der Waals surface area contributed by atoms with Crippen LogP contribution in [0.2, 0.25) is 0 Å². The molecule has 0 atom stereocenters. The van der Waals surface area contributed by atoms with Crippen molar-refractivity contribution in [3.8, 4) is 0 Å². The molecular formula is C10H13. The van der Waals surface area contributed by atoms with Crippen molar-refractivity contribution in [2.75, 3.05) is 0 Å². The van der Waals surface area contributed by atoms with Crippen LogP contribution in [0.5, 0.6) is 0 Å². The number of hydrogen-bond acceptors (Lipinski definition) is 0. The van der Waals surface area contributed by atoms with E-state index in [1.54, 1.807) is 0 Å². The predicted octanol–water partition coefficient (Wildman–Crippen LogP) is 3.04. The number of allylic oxidation sites excluding steroid dienone is 6. The molecule has 0 heterocycles. The molecule has 0 bridgehead atoms. The zero-order valence-corrected chi connectivity index (χ0v) is 6.16. The molecule has 0 aromatic rings. The molecular weight excluding hydrogens is 120 g/mol. The van der Waals surface area contributed by atoms with Gasteiger partial charge < -0.3 is 0 Å². The first-order chi connectivity index (χ1) is 5.00. The van der Waals surface area contributed by atoms with E-state index in [0.29, 0.717) is 0 Å². The van der Waals surface area contributed by atoms with Crippen molar-refractivity contribution < 1.29 is 0 Å². The van der Waals surface area contributed by atoms with Gasteiger partial charge in [-0.3, -0.25) is 0 Å². The summed E-state index contributed by atoms with van der Waals surface area (Å²) >= 11 is 0. The van der Waals surface area contributed by atoms with Gasteiger partial charge in [-0.15, -0.1) is 0 Å². The minimum Gasteiger partial charge on any atom is -0.0882 e. The van der Waals surface area contributed by atoms with Crippen LogP contribution in [0.25, 0.3) is 0 Å². The Morgan fingerprint density at radius 1 is 0.700 bits per heavy atom. The summed E-state index contributed by atoms with van der Waals surface area (Å²) in [5.41, 5.74) is 0. The van der Waals surface area contributed by atoms with Crippen LogP contribution >= 0.6 is 0 Å². The van der Waals surface area contributed by atoms with Gasteiger partial charge in [0.2, 0.25) is 0 Å². The fraction of sp³-hybridized carbons (Fsp3) is 0.300. The Kier molecular flexibility index (Phi) is 3.69. The molecule has 1 aliphatic rings. The SMILES string of the molecule is [CH]1/C=C/C=C\C/C=C/CC1. The van der Waals surface area contributed by atoms with Crippen LogP contribution in [0.1, 0.15) is 19.3 Å². The maximum Gasteiger partial charge on any atom is -0.0164 e. The highest BCUT2D eigenvalue weighted by molar-refractivity contribution is 5.10. The van der Waals surface area contributed by atoms with Crippen molar-refractivity contribution in [3.63, 3.8) is 0 Å². The monoisotopic (exact) mass is 133 g/mol. The average molecular weight is 133 g/mol. The lowest BCUT2D eigenvalue weighted by atomic mass is 10.2. The molecule has 0 nitrogen and oxygen atoms in total. The topological polar surface area (TPSA) is 0 Å². The summed E-state index contributed by atoms with van der Waals surface area (Å²) in [6.45, 7) is 0. The lowest BCUT2D eigenvalue weighted by Gasteiger charge is -1.90. The molecule has 0 aromatic carbocycles. The van der Waals surface area contributed by atoms with Crippen LogP contribution in [0.3, 0.4) is 0 Å². The first-order valence-electron chi connectivity index (χ1n) is 3.80. The fourth-order valence-corrected chi connectivity index (χ4v) is 0.881. The second kappa shape index (κ2) is 5.04. The zero-order valence-electron chi connectivity index (χ0n) is 6.16. The van der Waals surface area contributed by atoms with Crippen LogP contribution in [0, 0.1) is 6.42 Å². The molecule has 0 unspecified atom stereocenters. The lowest BCUT2D eigenvalue weighted by molar-refractivity contribution is 0.997. The van der Waals surface area contributed by atoms with Crippen molar-refractivity contribution in [2.24, 2.45) is 0 Å². The molecule has 0 aromatic heterocycles. The van der Waals surface area contributed by atoms with Crippen molar-refractivity contribution in [3.05, 3.63) is 42.9 Å². The zero-order chi connectivity index (χ0) is 7.07. The molecule has 0 N–H and O–H groups in total. The van der Waals surface area contributed by atoms with E-state index in [1.165, 1.54) is 12.8 Å². The standard InChI is InChI=1S/C10H13/c1-2-4-6-8-10-9-7-5-3-1/h1-5,8,10H,6-7,9H2/b3-1+,4-2-,10-8+. The van der Waals surface area contributed by atoms with E-state index < -0.39 is 0 Å². The molecule has 0 saturated heterocycles. The third-order valence-electron chi connectivity index (χ3n) is 1.43. The summed E-state index contributed by atoms with van der Waals surface area (Å²) in [5.74, 6) is 0. The van der Waals surface area contributed by atoms with E-state index in [9.17, 15) is 0 Å². The van der Waals surface area contributed by atoms with Crippen molar-refractivity contribution in [1.29, 1.82) is 0 Å². The summed E-state index contributed by atoms with van der Waals surface area (Å²) in [6, 6.07) is 0. The predicted molar refractivity (Wildman–Crippen MR) is 45.6 cm³/mol. The first-order valence-corrected chi connectivity index (χ1v) is 3.80. The molecule has 0 amide bonds. The molecule has 0 aliphatic heterocycles. The number of hydrogen-bond donors (Lipinski definition) is 0. The van der Waals surface area contributed by atoms with E-state index in [4.69, 9.17) is 0 Å². The van der Waals surface area contributed by atoms with Crippen molar-refractivity contribution in [2.45, 2.75) is 19.3 Å². The minimum atomic E-state index is 1.07. The van der Waals surface area contributed by atoms with E-state index in [-0.39, 0.29) is 0 Å². The lowest BCUT2D eigenvalue weighted by Crippen LogP contribution is -1.71. The van der Waals surface area contributed by atoms with E-state index >= 15 is 0 Å². The van der Waals surface area contributed by atoms with Crippen LogP contribution in [-0.2, 0) is 0 Å². The maximum absolute atomic E-state index is 2.24. The molecule has 1 rings (SSSR count). The molecule has 10 heavy (non-hydrogen) atoms. The van der Waals surface area contributed by atoms with Crippen LogP contribution in [0.4, 0.5) is 0 Å². The van der Waals surface area contributed by atoms with Gasteiger partial charge >= 0.3 is 0 Å². The molecule has 1 radical (unpaired) electrons. The Labute approximate surface area is 62.9 Å². The van der Waals surface area contributed by atoms with Gasteiger partial charge in [0.15, 0.2) is 0 Å². The molecule has 0 spiro atoms. The van der Waals surface area contributed by atoms with Crippen LogP contribution < -0.4 is 0 Å². The highest BCUT2D eigenvalue weighted by Crippen LogP contribution is 2.00. The fourth-order valence-electron chi connectivity index (χ4n) is 0.881. The average Bonchev–Trinajstić information content (AvgIpc) is 2.01. The largest absolute Gasteiger partial charge is 0.0882 e. The normalized spacial score (nSPS) is 28.8. The summed E-state index contributed by atoms with van der Waals surface area (Å²) < 4.78 is 0. The third-order valence-corrected chi connectivity index (χ3v) is 1.43. The summed E-state index contributed by atoms with van der Waals surface area (Å²) in [5, 5.41) is 0. The van der Waals surface area contributed by atoms with Gasteiger partial charge in [0.25, 0.3) is 0 Å². The van der Waals surface area contributed by atoms with E-state index in [1.807, 2.05) is 0 Å². The molecule has 0 heteroatoms. The molecule has 0 saturated carbocycles. The van der Waals surface area contributed by atoms with Gasteiger partial charge in [0, 0.05) is 0 Å². The van der Waals surface area contributed by atoms with Gasteiger partial charge in [-0.1, -0.05) is 36.5 Å². The van der Waals surface area contributed by atoms with Crippen LogP contribution in [0.15, 0.2) is 36.5 Å². The van der Waals surface area contributed by atoms with E-state index in [2.05, 4.69) is 42.9 Å². The summed E-state index contributed by atoms with van der Waals surface area (Å²) in [4.78, 5) is 0. The summed E-state index contributed by atoms with van der Waals surface area (Å²) in [7, 11) is 0. The smallest absolute Gasteiger partial charge is 0.0164 e. The van der Waals surface area contributed by atoms with Crippen molar-refractivity contribution >= 4 is 0 Å². The molecule has 0 fully saturated rings.